The standard InChI is InChI=1S/C22H17BrClN3O4/c1-30-20-9-8-15(23)11-14(20)13-25-27-22(29)19(12-16-5-4-10-31-16)26-21(28)17-6-2-3-7-18(17)24/h2-13H,1H3,(H,26,28)(H,27,29)/b19-12+,25-13+. The van der Waals surface area contributed by atoms with Gasteiger partial charge in [0.25, 0.3) is 11.8 Å². The molecule has 0 saturated carbocycles. The van der Waals surface area contributed by atoms with Crippen LogP contribution in [0.25, 0.3) is 6.08 Å². The normalized spacial score (nSPS) is 11.4. The van der Waals surface area contributed by atoms with E-state index in [1.807, 2.05) is 6.07 Å². The number of furan rings is 1. The molecule has 158 valence electrons. The number of carbonyl (C=O) groups is 2. The Morgan fingerprint density at radius 1 is 1.16 bits per heavy atom. The summed E-state index contributed by atoms with van der Waals surface area (Å²) in [5, 5.41) is 6.78. The van der Waals surface area contributed by atoms with E-state index in [0.717, 1.165) is 4.47 Å². The first kappa shape index (κ1) is 22.3. The molecule has 0 radical (unpaired) electrons. The number of nitrogens with zero attached hydrogens (tertiary/aromatic N) is 1. The minimum atomic E-state index is -0.651. The number of carbonyl (C=O) groups excluding carboxylic acids is 2. The molecular weight excluding hydrogens is 486 g/mol. The molecule has 31 heavy (non-hydrogen) atoms. The maximum atomic E-state index is 12.7. The lowest BCUT2D eigenvalue weighted by Crippen LogP contribution is -2.33. The molecule has 0 aliphatic carbocycles. The molecule has 9 heteroatoms. The van der Waals surface area contributed by atoms with Gasteiger partial charge in [0.05, 0.1) is 30.2 Å². The van der Waals surface area contributed by atoms with E-state index in [-0.39, 0.29) is 16.3 Å². The van der Waals surface area contributed by atoms with Crippen LogP contribution >= 0.6 is 27.5 Å². The van der Waals surface area contributed by atoms with Crippen LogP contribution in [0.2, 0.25) is 5.02 Å². The van der Waals surface area contributed by atoms with E-state index in [2.05, 4.69) is 31.8 Å². The highest BCUT2D eigenvalue weighted by molar-refractivity contribution is 9.10. The van der Waals surface area contributed by atoms with Crippen LogP contribution in [0.4, 0.5) is 0 Å². The fourth-order valence-corrected chi connectivity index (χ4v) is 3.14. The highest BCUT2D eigenvalue weighted by Gasteiger charge is 2.17. The van der Waals surface area contributed by atoms with Crippen molar-refractivity contribution in [2.24, 2.45) is 5.10 Å². The number of hydrogen-bond donors (Lipinski definition) is 2. The van der Waals surface area contributed by atoms with Crippen molar-refractivity contribution in [1.82, 2.24) is 10.7 Å². The SMILES string of the molecule is COc1ccc(Br)cc1/C=N/NC(=O)/C(=C\c1ccco1)NC(=O)c1ccccc1Cl. The van der Waals surface area contributed by atoms with Crippen molar-refractivity contribution >= 4 is 51.6 Å². The smallest absolute Gasteiger partial charge is 0.288 e. The molecule has 3 rings (SSSR count). The highest BCUT2D eigenvalue weighted by Crippen LogP contribution is 2.21. The summed E-state index contributed by atoms with van der Waals surface area (Å²) in [6.07, 6.45) is 4.27. The number of hydrogen-bond acceptors (Lipinski definition) is 5. The van der Waals surface area contributed by atoms with Crippen molar-refractivity contribution in [3.63, 3.8) is 0 Å². The summed E-state index contributed by atoms with van der Waals surface area (Å²) in [7, 11) is 1.54. The molecule has 3 aromatic rings. The van der Waals surface area contributed by atoms with Gasteiger partial charge in [0, 0.05) is 16.1 Å². The van der Waals surface area contributed by atoms with Gasteiger partial charge in [-0.05, 0) is 42.5 Å². The van der Waals surface area contributed by atoms with E-state index in [1.54, 1.807) is 48.5 Å². The molecule has 0 aliphatic heterocycles. The second kappa shape index (κ2) is 10.6. The minimum Gasteiger partial charge on any atom is -0.496 e. The van der Waals surface area contributed by atoms with Crippen LogP contribution in [0.3, 0.4) is 0 Å². The zero-order valence-corrected chi connectivity index (χ0v) is 18.6. The van der Waals surface area contributed by atoms with Crippen molar-refractivity contribution in [3.8, 4) is 5.75 Å². The second-order valence-corrected chi connectivity index (χ2v) is 7.42. The van der Waals surface area contributed by atoms with Gasteiger partial charge in [-0.3, -0.25) is 9.59 Å². The third-order valence-corrected chi connectivity index (χ3v) is 4.83. The highest BCUT2D eigenvalue weighted by atomic mass is 79.9. The van der Waals surface area contributed by atoms with Gasteiger partial charge in [0.1, 0.15) is 17.2 Å². The molecule has 0 bridgehead atoms. The Labute approximate surface area is 191 Å². The summed E-state index contributed by atoms with van der Waals surface area (Å²) in [6.45, 7) is 0. The van der Waals surface area contributed by atoms with Gasteiger partial charge in [-0.15, -0.1) is 0 Å². The lowest BCUT2D eigenvalue weighted by atomic mass is 10.2. The van der Waals surface area contributed by atoms with E-state index in [0.29, 0.717) is 17.1 Å². The summed E-state index contributed by atoms with van der Waals surface area (Å²) in [6, 6.07) is 15.2. The van der Waals surface area contributed by atoms with E-state index in [9.17, 15) is 9.59 Å². The number of ether oxygens (including phenoxy) is 1. The third-order valence-electron chi connectivity index (χ3n) is 4.00. The number of benzene rings is 2. The van der Waals surface area contributed by atoms with Crippen LogP contribution in [0.1, 0.15) is 21.7 Å². The van der Waals surface area contributed by atoms with E-state index < -0.39 is 11.8 Å². The van der Waals surface area contributed by atoms with Crippen LogP contribution < -0.4 is 15.5 Å². The molecule has 2 aromatic carbocycles. The molecule has 0 saturated heterocycles. The summed E-state index contributed by atoms with van der Waals surface area (Å²) >= 11 is 9.45. The summed E-state index contributed by atoms with van der Waals surface area (Å²) in [4.78, 5) is 25.3. The quantitative estimate of drug-likeness (QED) is 0.280. The first-order valence-electron chi connectivity index (χ1n) is 8.96. The number of rotatable bonds is 7. The van der Waals surface area contributed by atoms with Gasteiger partial charge in [0.15, 0.2) is 0 Å². The molecular formula is C22H17BrClN3O4. The predicted octanol–water partition coefficient (Wildman–Crippen LogP) is 4.63. The van der Waals surface area contributed by atoms with Gasteiger partial charge in [0.2, 0.25) is 0 Å². The number of amides is 2. The summed E-state index contributed by atoms with van der Waals surface area (Å²) in [5.74, 6) is -0.236. The fourth-order valence-electron chi connectivity index (χ4n) is 2.54. The average Bonchev–Trinajstić information content (AvgIpc) is 3.27. The molecule has 0 aliphatic rings. The number of halogens is 2. The maximum absolute atomic E-state index is 12.7. The Morgan fingerprint density at radius 2 is 1.97 bits per heavy atom. The number of nitrogens with one attached hydrogen (secondary N) is 2. The van der Waals surface area contributed by atoms with Crippen molar-refractivity contribution in [2.75, 3.05) is 7.11 Å². The minimum absolute atomic E-state index is 0.0711. The number of methoxy groups -OCH3 is 1. The van der Waals surface area contributed by atoms with Crippen molar-refractivity contribution < 1.29 is 18.7 Å². The molecule has 0 unspecified atom stereocenters. The average molecular weight is 503 g/mol. The van der Waals surface area contributed by atoms with Gasteiger partial charge in [-0.1, -0.05) is 39.7 Å². The van der Waals surface area contributed by atoms with Gasteiger partial charge >= 0.3 is 0 Å². The molecule has 7 nitrogen and oxygen atoms in total. The fraction of sp³-hybridized carbons (Fsp3) is 0.0455. The molecule has 0 spiro atoms. The van der Waals surface area contributed by atoms with Crippen molar-refractivity contribution in [3.05, 3.63) is 92.9 Å². The molecule has 0 atom stereocenters. The van der Waals surface area contributed by atoms with Crippen molar-refractivity contribution in [1.29, 1.82) is 0 Å². The Hall–Kier alpha value is -3.36. The van der Waals surface area contributed by atoms with E-state index in [1.165, 1.54) is 25.7 Å². The monoisotopic (exact) mass is 501 g/mol. The topological polar surface area (TPSA) is 92.9 Å². The zero-order chi connectivity index (χ0) is 22.2. The second-order valence-electron chi connectivity index (χ2n) is 6.09. The largest absolute Gasteiger partial charge is 0.496 e. The van der Waals surface area contributed by atoms with Crippen LogP contribution in [0.5, 0.6) is 5.75 Å². The van der Waals surface area contributed by atoms with Crippen LogP contribution in [0, 0.1) is 0 Å². The van der Waals surface area contributed by atoms with Crippen molar-refractivity contribution in [2.45, 2.75) is 0 Å². The lowest BCUT2D eigenvalue weighted by molar-refractivity contribution is -0.117. The first-order valence-corrected chi connectivity index (χ1v) is 10.1. The Morgan fingerprint density at radius 3 is 2.68 bits per heavy atom. The van der Waals surface area contributed by atoms with Crippen LogP contribution in [0.15, 0.2) is 80.5 Å². The van der Waals surface area contributed by atoms with Gasteiger partial charge in [-0.25, -0.2) is 5.43 Å². The molecule has 1 heterocycles. The zero-order valence-electron chi connectivity index (χ0n) is 16.3. The van der Waals surface area contributed by atoms with E-state index >= 15 is 0 Å². The van der Waals surface area contributed by atoms with E-state index in [4.69, 9.17) is 20.8 Å². The van der Waals surface area contributed by atoms with Gasteiger partial charge < -0.3 is 14.5 Å². The summed E-state index contributed by atoms with van der Waals surface area (Å²) < 4.78 is 11.3. The Balaban J connectivity index is 1.80. The van der Waals surface area contributed by atoms with Crippen LogP contribution in [-0.4, -0.2) is 25.1 Å². The van der Waals surface area contributed by atoms with Gasteiger partial charge in [-0.2, -0.15) is 5.10 Å². The third kappa shape index (κ3) is 6.07. The van der Waals surface area contributed by atoms with Crippen LogP contribution in [-0.2, 0) is 4.79 Å². The number of hydrazone groups is 1. The molecule has 0 fully saturated rings. The molecule has 2 N–H and O–H groups in total. The lowest BCUT2D eigenvalue weighted by Gasteiger charge is -2.09. The summed E-state index contributed by atoms with van der Waals surface area (Å²) in [5.41, 5.74) is 3.19. The Kier molecular flexibility index (Phi) is 7.64. The predicted molar refractivity (Wildman–Crippen MR) is 122 cm³/mol. The molecule has 2 amide bonds. The Bertz CT molecular complexity index is 1140. The maximum Gasteiger partial charge on any atom is 0.288 e. The first-order chi connectivity index (χ1) is 15.0. The molecule has 1 aromatic heterocycles.